The van der Waals surface area contributed by atoms with Crippen LogP contribution in [0.3, 0.4) is 0 Å². The van der Waals surface area contributed by atoms with E-state index < -0.39 is 0 Å². The normalized spacial score (nSPS) is 21.9. The quantitative estimate of drug-likeness (QED) is 0.718. The van der Waals surface area contributed by atoms with Crippen LogP contribution in [0.25, 0.3) is 0 Å². The summed E-state index contributed by atoms with van der Waals surface area (Å²) in [5, 5.41) is 3.00. The summed E-state index contributed by atoms with van der Waals surface area (Å²) in [6, 6.07) is 0.103. The van der Waals surface area contributed by atoms with Crippen molar-refractivity contribution < 1.29 is 4.79 Å². The molecule has 14 heavy (non-hydrogen) atoms. The van der Waals surface area contributed by atoms with Gasteiger partial charge in [-0.05, 0) is 26.2 Å². The fourth-order valence-electron chi connectivity index (χ4n) is 2.23. The lowest BCUT2D eigenvalue weighted by atomic mass is 9.82. The molecule has 1 aliphatic carbocycles. The molecule has 0 radical (unpaired) electrons. The zero-order valence-corrected chi connectivity index (χ0v) is 9.31. The van der Waals surface area contributed by atoms with Crippen molar-refractivity contribution in [3.63, 3.8) is 0 Å². The van der Waals surface area contributed by atoms with Gasteiger partial charge in [0, 0.05) is 18.0 Å². The van der Waals surface area contributed by atoms with E-state index >= 15 is 0 Å². The monoisotopic (exact) mass is 198 g/mol. The summed E-state index contributed by atoms with van der Waals surface area (Å²) < 4.78 is 0. The molecule has 0 aromatic rings. The van der Waals surface area contributed by atoms with Gasteiger partial charge in [0.15, 0.2) is 0 Å². The molecule has 0 aliphatic heterocycles. The van der Waals surface area contributed by atoms with Gasteiger partial charge in [-0.25, -0.2) is 0 Å². The van der Waals surface area contributed by atoms with Crippen LogP contribution in [-0.2, 0) is 4.79 Å². The average molecular weight is 198 g/mol. The molecular weight excluding hydrogens is 176 g/mol. The summed E-state index contributed by atoms with van der Waals surface area (Å²) in [6.45, 7) is 4.58. The van der Waals surface area contributed by atoms with Crippen LogP contribution in [-0.4, -0.2) is 18.5 Å². The van der Waals surface area contributed by atoms with Crippen molar-refractivity contribution in [2.24, 2.45) is 11.1 Å². The number of carbonyl (C=O) groups excluding carboxylic acids is 1. The van der Waals surface area contributed by atoms with E-state index in [0.29, 0.717) is 6.54 Å². The molecule has 0 aromatic carbocycles. The Morgan fingerprint density at radius 2 is 2.07 bits per heavy atom. The highest BCUT2D eigenvalue weighted by Crippen LogP contribution is 2.41. The van der Waals surface area contributed by atoms with Crippen molar-refractivity contribution >= 4 is 5.91 Å². The van der Waals surface area contributed by atoms with E-state index in [4.69, 9.17) is 5.73 Å². The minimum Gasteiger partial charge on any atom is -0.352 e. The summed E-state index contributed by atoms with van der Waals surface area (Å²) in [6.07, 6.45) is 5.44. The Bertz CT molecular complexity index is 197. The second-order valence-electron chi connectivity index (χ2n) is 4.45. The van der Waals surface area contributed by atoms with Gasteiger partial charge in [-0.2, -0.15) is 0 Å². The van der Waals surface area contributed by atoms with E-state index in [0.717, 1.165) is 19.3 Å². The molecule has 3 nitrogen and oxygen atoms in total. The van der Waals surface area contributed by atoms with Crippen LogP contribution in [0, 0.1) is 5.41 Å². The Morgan fingerprint density at radius 3 is 2.50 bits per heavy atom. The van der Waals surface area contributed by atoms with Gasteiger partial charge in [0.05, 0.1) is 0 Å². The average Bonchev–Trinajstić information content (AvgIpc) is 2.67. The van der Waals surface area contributed by atoms with Crippen LogP contribution >= 0.6 is 0 Å². The third kappa shape index (κ3) is 2.27. The van der Waals surface area contributed by atoms with Crippen LogP contribution in [0.1, 0.15) is 46.0 Å². The van der Waals surface area contributed by atoms with E-state index in [2.05, 4.69) is 12.2 Å². The van der Waals surface area contributed by atoms with Gasteiger partial charge >= 0.3 is 0 Å². The Labute approximate surface area is 86.4 Å². The standard InChI is InChI=1S/C11H22N2O/c1-3-11(6-4-5-7-11)10(14)13-9(2)8-12/h9H,3-8,12H2,1-2H3,(H,13,14)/t9-/m1/s1. The highest BCUT2D eigenvalue weighted by atomic mass is 16.2. The van der Waals surface area contributed by atoms with Gasteiger partial charge in [-0.3, -0.25) is 4.79 Å². The minimum absolute atomic E-state index is 0.0799. The molecule has 1 aliphatic rings. The molecule has 0 bridgehead atoms. The molecule has 0 spiro atoms. The van der Waals surface area contributed by atoms with Crippen LogP contribution < -0.4 is 11.1 Å². The lowest BCUT2D eigenvalue weighted by Gasteiger charge is -2.27. The highest BCUT2D eigenvalue weighted by molar-refractivity contribution is 5.83. The number of hydrogen-bond donors (Lipinski definition) is 2. The summed E-state index contributed by atoms with van der Waals surface area (Å²) in [5.74, 6) is 0.218. The summed E-state index contributed by atoms with van der Waals surface area (Å²) in [7, 11) is 0. The van der Waals surface area contributed by atoms with Crippen LogP contribution in [0.2, 0.25) is 0 Å². The van der Waals surface area contributed by atoms with Crippen molar-refractivity contribution in [1.29, 1.82) is 0 Å². The molecule has 82 valence electrons. The second-order valence-corrected chi connectivity index (χ2v) is 4.45. The predicted octanol–water partition coefficient (Wildman–Crippen LogP) is 1.42. The number of carbonyl (C=O) groups is 1. The zero-order chi connectivity index (χ0) is 10.6. The number of amides is 1. The van der Waals surface area contributed by atoms with Crippen molar-refractivity contribution in [3.8, 4) is 0 Å². The topological polar surface area (TPSA) is 55.1 Å². The summed E-state index contributed by atoms with van der Waals surface area (Å²) in [4.78, 5) is 12.0. The molecule has 1 rings (SSSR count). The fraction of sp³-hybridized carbons (Fsp3) is 0.909. The van der Waals surface area contributed by atoms with E-state index in [-0.39, 0.29) is 17.4 Å². The Hall–Kier alpha value is -0.570. The lowest BCUT2D eigenvalue weighted by molar-refractivity contribution is -0.131. The molecule has 3 heteroatoms. The van der Waals surface area contributed by atoms with Gasteiger partial charge < -0.3 is 11.1 Å². The first kappa shape index (κ1) is 11.5. The molecule has 3 N–H and O–H groups in total. The van der Waals surface area contributed by atoms with Crippen molar-refractivity contribution in [2.45, 2.75) is 52.0 Å². The SMILES string of the molecule is CCC1(C(=O)N[C@H](C)CN)CCCC1. The highest BCUT2D eigenvalue weighted by Gasteiger charge is 2.39. The van der Waals surface area contributed by atoms with Crippen molar-refractivity contribution in [1.82, 2.24) is 5.32 Å². The van der Waals surface area contributed by atoms with E-state index in [9.17, 15) is 4.79 Å². The maximum absolute atomic E-state index is 12.0. The third-order valence-electron chi connectivity index (χ3n) is 3.45. The second kappa shape index (κ2) is 4.78. The van der Waals surface area contributed by atoms with Crippen LogP contribution in [0.15, 0.2) is 0 Å². The van der Waals surface area contributed by atoms with E-state index in [1.54, 1.807) is 0 Å². The number of nitrogens with two attached hydrogens (primary N) is 1. The first-order chi connectivity index (χ1) is 6.64. The molecular formula is C11H22N2O. The Balaban J connectivity index is 2.56. The number of nitrogens with one attached hydrogen (secondary N) is 1. The Kier molecular flexibility index (Phi) is 3.93. The fourth-order valence-corrected chi connectivity index (χ4v) is 2.23. The zero-order valence-electron chi connectivity index (χ0n) is 9.31. The largest absolute Gasteiger partial charge is 0.352 e. The first-order valence-electron chi connectivity index (χ1n) is 5.65. The molecule has 0 unspecified atom stereocenters. The number of hydrogen-bond acceptors (Lipinski definition) is 2. The third-order valence-corrected chi connectivity index (χ3v) is 3.45. The van der Waals surface area contributed by atoms with Gasteiger partial charge in [-0.15, -0.1) is 0 Å². The summed E-state index contributed by atoms with van der Waals surface area (Å²) >= 11 is 0. The summed E-state index contributed by atoms with van der Waals surface area (Å²) in [5.41, 5.74) is 5.41. The molecule has 1 saturated carbocycles. The molecule has 0 heterocycles. The smallest absolute Gasteiger partial charge is 0.226 e. The van der Waals surface area contributed by atoms with E-state index in [1.807, 2.05) is 6.92 Å². The van der Waals surface area contributed by atoms with Gasteiger partial charge in [0.2, 0.25) is 5.91 Å². The molecule has 1 amide bonds. The minimum atomic E-state index is -0.0799. The maximum Gasteiger partial charge on any atom is 0.226 e. The van der Waals surface area contributed by atoms with Gasteiger partial charge in [-0.1, -0.05) is 19.8 Å². The molecule has 1 fully saturated rings. The maximum atomic E-state index is 12.0. The van der Waals surface area contributed by atoms with Crippen LogP contribution in [0.4, 0.5) is 0 Å². The van der Waals surface area contributed by atoms with Gasteiger partial charge in [0.1, 0.15) is 0 Å². The number of rotatable bonds is 4. The lowest BCUT2D eigenvalue weighted by Crippen LogP contribution is -2.45. The van der Waals surface area contributed by atoms with Gasteiger partial charge in [0.25, 0.3) is 0 Å². The van der Waals surface area contributed by atoms with Crippen LogP contribution in [0.5, 0.6) is 0 Å². The molecule has 0 aromatic heterocycles. The predicted molar refractivity (Wildman–Crippen MR) is 57.9 cm³/mol. The first-order valence-corrected chi connectivity index (χ1v) is 5.65. The Morgan fingerprint density at radius 1 is 1.50 bits per heavy atom. The van der Waals surface area contributed by atoms with E-state index in [1.165, 1.54) is 12.8 Å². The van der Waals surface area contributed by atoms with Crippen molar-refractivity contribution in [3.05, 3.63) is 0 Å². The van der Waals surface area contributed by atoms with Crippen molar-refractivity contribution in [2.75, 3.05) is 6.54 Å². The molecule has 1 atom stereocenters. The molecule has 0 saturated heterocycles.